The Balaban J connectivity index is 1.46. The Hall–Kier alpha value is -3.46. The van der Waals surface area contributed by atoms with Gasteiger partial charge in [-0.1, -0.05) is 11.2 Å². The highest BCUT2D eigenvalue weighted by atomic mass is 19.1. The molecule has 1 N–H and O–H groups in total. The molecule has 2 heterocycles. The summed E-state index contributed by atoms with van der Waals surface area (Å²) in [5.74, 6) is -0.151. The number of carbonyl (C=O) groups is 1. The van der Waals surface area contributed by atoms with E-state index in [9.17, 15) is 13.6 Å². The number of ether oxygens (including phenoxy) is 2. The van der Waals surface area contributed by atoms with Gasteiger partial charge >= 0.3 is 0 Å². The summed E-state index contributed by atoms with van der Waals surface area (Å²) in [5, 5.41) is 6.56. The quantitative estimate of drug-likeness (QED) is 0.647. The zero-order valence-corrected chi connectivity index (χ0v) is 17.0. The minimum absolute atomic E-state index is 0.0852. The molecule has 0 saturated heterocycles. The van der Waals surface area contributed by atoms with Crippen LogP contribution in [0, 0.1) is 11.6 Å². The van der Waals surface area contributed by atoms with Crippen molar-refractivity contribution < 1.29 is 27.6 Å². The number of benzene rings is 2. The fraction of sp³-hybridized carbons (Fsp3) is 0.273. The van der Waals surface area contributed by atoms with Crippen molar-refractivity contribution >= 4 is 5.91 Å². The Morgan fingerprint density at radius 2 is 1.87 bits per heavy atom. The fourth-order valence-corrected chi connectivity index (χ4v) is 3.34. The predicted molar refractivity (Wildman–Crippen MR) is 108 cm³/mol. The third kappa shape index (κ3) is 4.51. The summed E-state index contributed by atoms with van der Waals surface area (Å²) in [5.41, 5.74) is 1.06. The summed E-state index contributed by atoms with van der Waals surface area (Å²) in [6, 6.07) is 9.73. The Bertz CT molecular complexity index is 1100. The van der Waals surface area contributed by atoms with Crippen molar-refractivity contribution in [1.29, 1.82) is 0 Å². The maximum Gasteiger partial charge on any atom is 0.273 e. The van der Waals surface area contributed by atoms with Gasteiger partial charge in [0, 0.05) is 29.8 Å². The molecule has 1 atom stereocenters. The molecular weight excluding hydrogens is 408 g/mol. The molecule has 1 aromatic heterocycles. The van der Waals surface area contributed by atoms with Crippen LogP contribution in [0.5, 0.6) is 11.5 Å². The predicted octanol–water partition coefficient (Wildman–Crippen LogP) is 3.42. The highest BCUT2D eigenvalue weighted by molar-refractivity contribution is 5.93. The topological polar surface area (TPSA) is 76.8 Å². The maximum atomic E-state index is 14.2. The first kappa shape index (κ1) is 20.8. The zero-order chi connectivity index (χ0) is 22.0. The van der Waals surface area contributed by atoms with Crippen LogP contribution in [0.4, 0.5) is 8.78 Å². The Morgan fingerprint density at radius 3 is 2.61 bits per heavy atom. The van der Waals surface area contributed by atoms with Crippen LogP contribution in [0.15, 0.2) is 47.0 Å². The van der Waals surface area contributed by atoms with E-state index < -0.39 is 23.6 Å². The molecule has 4 rings (SSSR count). The summed E-state index contributed by atoms with van der Waals surface area (Å²) in [6.45, 7) is 1.05. The van der Waals surface area contributed by atoms with Gasteiger partial charge in [-0.25, -0.2) is 8.78 Å². The van der Waals surface area contributed by atoms with Crippen molar-refractivity contribution in [3.8, 4) is 22.8 Å². The number of hydrogen-bond donors (Lipinski definition) is 1. The molecule has 1 unspecified atom stereocenters. The smallest absolute Gasteiger partial charge is 0.273 e. The number of aromatic nitrogens is 1. The van der Waals surface area contributed by atoms with E-state index >= 15 is 0 Å². The van der Waals surface area contributed by atoms with E-state index in [1.807, 2.05) is 0 Å². The van der Waals surface area contributed by atoms with E-state index in [1.54, 1.807) is 37.2 Å². The van der Waals surface area contributed by atoms with Gasteiger partial charge in [-0.3, -0.25) is 4.79 Å². The van der Waals surface area contributed by atoms with Crippen LogP contribution >= 0.6 is 0 Å². The third-order valence-corrected chi connectivity index (χ3v) is 4.97. The largest absolute Gasteiger partial charge is 0.486 e. The molecular formula is C22H21F2N3O4. The second-order valence-electron chi connectivity index (χ2n) is 7.29. The number of halogens is 2. The first-order valence-corrected chi connectivity index (χ1v) is 9.68. The summed E-state index contributed by atoms with van der Waals surface area (Å²) in [7, 11) is 3.49. The summed E-state index contributed by atoms with van der Waals surface area (Å²) < 4.78 is 43.8. The Kier molecular flexibility index (Phi) is 5.85. The van der Waals surface area contributed by atoms with Crippen molar-refractivity contribution in [2.24, 2.45) is 0 Å². The van der Waals surface area contributed by atoms with Gasteiger partial charge in [0.05, 0.1) is 6.04 Å². The molecule has 9 heteroatoms. The normalized spacial score (nSPS) is 13.8. The molecule has 162 valence electrons. The Labute approximate surface area is 177 Å². The number of rotatable bonds is 6. The first-order chi connectivity index (χ1) is 14.9. The van der Waals surface area contributed by atoms with Crippen LogP contribution in [0.2, 0.25) is 0 Å². The minimum Gasteiger partial charge on any atom is -0.486 e. The van der Waals surface area contributed by atoms with Gasteiger partial charge in [-0.15, -0.1) is 0 Å². The average molecular weight is 429 g/mol. The van der Waals surface area contributed by atoms with Gasteiger partial charge in [-0.05, 0) is 38.4 Å². The lowest BCUT2D eigenvalue weighted by molar-refractivity contribution is 0.0932. The van der Waals surface area contributed by atoms with E-state index in [4.69, 9.17) is 14.0 Å². The second-order valence-corrected chi connectivity index (χ2v) is 7.29. The van der Waals surface area contributed by atoms with E-state index in [0.29, 0.717) is 36.0 Å². The lowest BCUT2D eigenvalue weighted by Crippen LogP contribution is -2.35. The first-order valence-electron chi connectivity index (χ1n) is 9.68. The van der Waals surface area contributed by atoms with Gasteiger partial charge in [-0.2, -0.15) is 0 Å². The number of nitrogens with one attached hydrogen (secondary N) is 1. The highest BCUT2D eigenvalue weighted by Gasteiger charge is 2.22. The van der Waals surface area contributed by atoms with Gasteiger partial charge in [0.15, 0.2) is 23.0 Å². The Morgan fingerprint density at radius 1 is 1.10 bits per heavy atom. The van der Waals surface area contributed by atoms with Crippen LogP contribution in [-0.4, -0.2) is 49.8 Å². The summed E-state index contributed by atoms with van der Waals surface area (Å²) in [4.78, 5) is 14.3. The van der Waals surface area contributed by atoms with Gasteiger partial charge in [0.2, 0.25) is 0 Å². The number of nitrogens with zero attached hydrogens (tertiary/aromatic N) is 2. The monoisotopic (exact) mass is 429 g/mol. The van der Waals surface area contributed by atoms with Crippen LogP contribution < -0.4 is 14.8 Å². The van der Waals surface area contributed by atoms with Crippen LogP contribution in [-0.2, 0) is 0 Å². The van der Waals surface area contributed by atoms with Gasteiger partial charge < -0.3 is 24.2 Å². The molecule has 3 aromatic rings. The van der Waals surface area contributed by atoms with Crippen molar-refractivity contribution in [3.63, 3.8) is 0 Å². The van der Waals surface area contributed by atoms with Gasteiger partial charge in [0.25, 0.3) is 5.91 Å². The number of fused-ring (bicyclic) bond motifs is 1. The fourth-order valence-electron chi connectivity index (χ4n) is 3.34. The molecule has 1 aliphatic rings. The molecule has 0 saturated carbocycles. The second kappa shape index (κ2) is 8.73. The van der Waals surface area contributed by atoms with Crippen molar-refractivity contribution in [2.75, 3.05) is 33.9 Å². The molecule has 0 spiro atoms. The number of hydrogen-bond acceptors (Lipinski definition) is 6. The van der Waals surface area contributed by atoms with E-state index in [-0.39, 0.29) is 17.8 Å². The van der Waals surface area contributed by atoms with Crippen LogP contribution in [0.3, 0.4) is 0 Å². The van der Waals surface area contributed by atoms with Crippen molar-refractivity contribution in [3.05, 3.63) is 65.4 Å². The molecule has 0 bridgehead atoms. The molecule has 0 radical (unpaired) electrons. The SMILES string of the molecule is CN(C)C(CNC(=O)c1cc(-c2ccc3c(c2)OCCO3)on1)c1ccc(F)cc1F. The number of likely N-dealkylation sites (N-methyl/N-ethyl adjacent to an activating group) is 1. The molecule has 0 aliphatic carbocycles. The maximum absolute atomic E-state index is 14.2. The molecule has 2 aromatic carbocycles. The highest BCUT2D eigenvalue weighted by Crippen LogP contribution is 2.34. The average Bonchev–Trinajstić information content (AvgIpc) is 3.25. The van der Waals surface area contributed by atoms with Crippen LogP contribution in [0.25, 0.3) is 11.3 Å². The van der Waals surface area contributed by atoms with E-state index in [0.717, 1.165) is 6.07 Å². The molecule has 1 amide bonds. The van der Waals surface area contributed by atoms with Gasteiger partial charge in [0.1, 0.15) is 24.8 Å². The molecule has 31 heavy (non-hydrogen) atoms. The molecule has 0 fully saturated rings. The summed E-state index contributed by atoms with van der Waals surface area (Å²) >= 11 is 0. The lowest BCUT2D eigenvalue weighted by Gasteiger charge is -2.25. The van der Waals surface area contributed by atoms with Crippen LogP contribution in [0.1, 0.15) is 22.1 Å². The third-order valence-electron chi connectivity index (χ3n) is 4.97. The van der Waals surface area contributed by atoms with Crippen molar-refractivity contribution in [2.45, 2.75) is 6.04 Å². The van der Waals surface area contributed by atoms with E-state index in [2.05, 4.69) is 10.5 Å². The number of carbonyl (C=O) groups excluding carboxylic acids is 1. The zero-order valence-electron chi connectivity index (χ0n) is 17.0. The van der Waals surface area contributed by atoms with Crippen molar-refractivity contribution in [1.82, 2.24) is 15.4 Å². The summed E-state index contributed by atoms with van der Waals surface area (Å²) in [6.07, 6.45) is 0. The van der Waals surface area contributed by atoms with E-state index in [1.165, 1.54) is 18.2 Å². The lowest BCUT2D eigenvalue weighted by atomic mass is 10.0. The standard InChI is InChI=1S/C22H21F2N3O4/c1-27(2)18(15-5-4-14(23)10-16(15)24)12-25-22(28)17-11-20(31-26-17)13-3-6-19-21(9-13)30-8-7-29-19/h3-6,9-11,18H,7-8,12H2,1-2H3,(H,25,28). The number of amides is 1. The minimum atomic E-state index is -0.671. The molecule has 1 aliphatic heterocycles. The molecule has 7 nitrogen and oxygen atoms in total.